The molecule has 1 aliphatic rings. The van der Waals surface area contributed by atoms with Crippen LogP contribution in [0.2, 0.25) is 0 Å². The summed E-state index contributed by atoms with van der Waals surface area (Å²) in [6.07, 6.45) is -1.90. The van der Waals surface area contributed by atoms with Crippen LogP contribution < -0.4 is 5.32 Å². The van der Waals surface area contributed by atoms with Crippen LogP contribution in [0.4, 0.5) is 13.2 Å². The molecule has 1 aliphatic carbocycles. The molecule has 16 heavy (non-hydrogen) atoms. The molecular weight excluding hydrogens is 237 g/mol. The molecule has 0 bridgehead atoms. The number of hydrogen-bond acceptors (Lipinski definition) is 3. The molecule has 2 rings (SSSR count). The van der Waals surface area contributed by atoms with Crippen LogP contribution in [0.25, 0.3) is 0 Å². The molecule has 3 unspecified atom stereocenters. The lowest BCUT2D eigenvalue weighted by Gasteiger charge is -2.12. The van der Waals surface area contributed by atoms with Gasteiger partial charge in [0.25, 0.3) is 0 Å². The molecule has 0 saturated heterocycles. The van der Waals surface area contributed by atoms with Gasteiger partial charge < -0.3 is 5.32 Å². The van der Waals surface area contributed by atoms with E-state index in [1.54, 1.807) is 7.05 Å². The van der Waals surface area contributed by atoms with Gasteiger partial charge in [-0.3, -0.25) is 0 Å². The second-order valence-corrected chi connectivity index (χ2v) is 5.27. The predicted molar refractivity (Wildman–Crippen MR) is 56.2 cm³/mol. The van der Waals surface area contributed by atoms with Crippen molar-refractivity contribution < 1.29 is 13.2 Å². The highest BCUT2D eigenvalue weighted by atomic mass is 32.1. The van der Waals surface area contributed by atoms with E-state index < -0.39 is 11.2 Å². The Morgan fingerprint density at radius 2 is 2.19 bits per heavy atom. The minimum absolute atomic E-state index is 0.0172. The first-order chi connectivity index (χ1) is 7.43. The van der Waals surface area contributed by atoms with Crippen LogP contribution in [-0.2, 0) is 6.18 Å². The second-order valence-electron chi connectivity index (χ2n) is 4.21. The molecule has 0 aromatic carbocycles. The van der Waals surface area contributed by atoms with Gasteiger partial charge in [0, 0.05) is 17.1 Å². The maximum atomic E-state index is 12.4. The SMILES string of the molecule is CNC(c1cnc(C(F)(F)F)s1)C1CC1C. The number of aromatic nitrogens is 1. The molecule has 1 saturated carbocycles. The van der Waals surface area contributed by atoms with Crippen LogP contribution in [0.1, 0.15) is 29.3 Å². The second kappa shape index (κ2) is 4.00. The summed E-state index contributed by atoms with van der Waals surface area (Å²) in [5.74, 6) is 1.04. The first kappa shape index (κ1) is 11.9. The maximum absolute atomic E-state index is 12.4. The molecule has 6 heteroatoms. The lowest BCUT2D eigenvalue weighted by Crippen LogP contribution is -2.17. The van der Waals surface area contributed by atoms with Crippen molar-refractivity contribution in [3.8, 4) is 0 Å². The largest absolute Gasteiger partial charge is 0.443 e. The van der Waals surface area contributed by atoms with Gasteiger partial charge in [0.2, 0.25) is 0 Å². The van der Waals surface area contributed by atoms with E-state index in [0.717, 1.165) is 17.8 Å². The highest BCUT2D eigenvalue weighted by Crippen LogP contribution is 2.48. The Bertz CT molecular complexity index is 374. The van der Waals surface area contributed by atoms with Crippen molar-refractivity contribution >= 4 is 11.3 Å². The number of nitrogens with zero attached hydrogens (tertiary/aromatic N) is 1. The summed E-state index contributed by atoms with van der Waals surface area (Å²) in [5.41, 5.74) is 0. The Labute approximate surface area is 95.9 Å². The average Bonchev–Trinajstić information content (AvgIpc) is 2.71. The number of halogens is 3. The summed E-state index contributed by atoms with van der Waals surface area (Å²) < 4.78 is 37.2. The van der Waals surface area contributed by atoms with Gasteiger partial charge in [-0.2, -0.15) is 13.2 Å². The number of nitrogens with one attached hydrogen (secondary N) is 1. The zero-order chi connectivity index (χ0) is 11.9. The average molecular weight is 250 g/mol. The first-order valence-electron chi connectivity index (χ1n) is 5.13. The van der Waals surface area contributed by atoms with Gasteiger partial charge in [-0.15, -0.1) is 11.3 Å². The molecule has 1 heterocycles. The monoisotopic (exact) mass is 250 g/mol. The van der Waals surface area contributed by atoms with E-state index in [1.807, 2.05) is 0 Å². The molecule has 0 aliphatic heterocycles. The van der Waals surface area contributed by atoms with Crippen LogP contribution >= 0.6 is 11.3 Å². The van der Waals surface area contributed by atoms with Crippen LogP contribution in [0.3, 0.4) is 0 Å². The van der Waals surface area contributed by atoms with Gasteiger partial charge in [-0.25, -0.2) is 4.98 Å². The molecule has 3 atom stereocenters. The molecule has 1 aromatic rings. The van der Waals surface area contributed by atoms with Gasteiger partial charge in [0.15, 0.2) is 5.01 Å². The fourth-order valence-electron chi connectivity index (χ4n) is 1.94. The normalized spacial score (nSPS) is 26.8. The number of hydrogen-bond donors (Lipinski definition) is 1. The van der Waals surface area contributed by atoms with Gasteiger partial charge in [-0.05, 0) is 25.3 Å². The third kappa shape index (κ3) is 2.22. The Morgan fingerprint density at radius 3 is 2.56 bits per heavy atom. The van der Waals surface area contributed by atoms with Crippen molar-refractivity contribution in [2.75, 3.05) is 7.05 Å². The fourth-order valence-corrected chi connectivity index (χ4v) is 2.91. The summed E-state index contributed by atoms with van der Waals surface area (Å²) in [6, 6.07) is 0.0172. The predicted octanol–water partition coefficient (Wildman–Crippen LogP) is 3.08. The lowest BCUT2D eigenvalue weighted by molar-refractivity contribution is -0.137. The van der Waals surface area contributed by atoms with E-state index >= 15 is 0 Å². The van der Waals surface area contributed by atoms with Crippen molar-refractivity contribution in [2.45, 2.75) is 25.6 Å². The number of thiazole rings is 1. The van der Waals surface area contributed by atoms with Crippen molar-refractivity contribution in [3.63, 3.8) is 0 Å². The summed E-state index contributed by atoms with van der Waals surface area (Å²) in [6.45, 7) is 2.11. The van der Waals surface area contributed by atoms with E-state index in [0.29, 0.717) is 16.7 Å². The molecular formula is C10H13F3N2S. The summed E-state index contributed by atoms with van der Waals surface area (Å²) in [5, 5.41) is 2.32. The Kier molecular flexibility index (Phi) is 2.96. The molecule has 2 nitrogen and oxygen atoms in total. The maximum Gasteiger partial charge on any atom is 0.443 e. The van der Waals surface area contributed by atoms with E-state index in [-0.39, 0.29) is 6.04 Å². The molecule has 90 valence electrons. The fraction of sp³-hybridized carbons (Fsp3) is 0.700. The Morgan fingerprint density at radius 1 is 1.56 bits per heavy atom. The van der Waals surface area contributed by atoms with Crippen LogP contribution in [0, 0.1) is 11.8 Å². The first-order valence-corrected chi connectivity index (χ1v) is 5.95. The third-order valence-electron chi connectivity index (χ3n) is 2.98. The van der Waals surface area contributed by atoms with Gasteiger partial charge in [0.1, 0.15) is 0 Å². The molecule has 0 amide bonds. The molecule has 1 aromatic heterocycles. The topological polar surface area (TPSA) is 24.9 Å². The third-order valence-corrected chi connectivity index (χ3v) is 4.11. The quantitative estimate of drug-likeness (QED) is 0.891. The van der Waals surface area contributed by atoms with E-state index in [4.69, 9.17) is 0 Å². The number of alkyl halides is 3. The minimum atomic E-state index is -4.32. The zero-order valence-electron chi connectivity index (χ0n) is 9.01. The smallest absolute Gasteiger partial charge is 0.312 e. The summed E-state index contributed by atoms with van der Waals surface area (Å²) >= 11 is 0.744. The molecule has 1 fully saturated rings. The highest BCUT2D eigenvalue weighted by molar-refractivity contribution is 7.11. The van der Waals surface area contributed by atoms with E-state index in [2.05, 4.69) is 17.2 Å². The zero-order valence-corrected chi connectivity index (χ0v) is 9.82. The van der Waals surface area contributed by atoms with Crippen molar-refractivity contribution in [2.24, 2.45) is 11.8 Å². The van der Waals surface area contributed by atoms with Crippen LogP contribution in [-0.4, -0.2) is 12.0 Å². The van der Waals surface area contributed by atoms with Crippen molar-refractivity contribution in [1.29, 1.82) is 0 Å². The van der Waals surface area contributed by atoms with Crippen molar-refractivity contribution in [1.82, 2.24) is 10.3 Å². The molecule has 1 N–H and O–H groups in total. The highest BCUT2D eigenvalue weighted by Gasteiger charge is 2.42. The van der Waals surface area contributed by atoms with Crippen molar-refractivity contribution in [3.05, 3.63) is 16.1 Å². The van der Waals surface area contributed by atoms with Gasteiger partial charge in [0.05, 0.1) is 0 Å². The molecule has 0 radical (unpaired) electrons. The Hall–Kier alpha value is -0.620. The van der Waals surface area contributed by atoms with E-state index in [1.165, 1.54) is 6.20 Å². The van der Waals surface area contributed by atoms with E-state index in [9.17, 15) is 13.2 Å². The van der Waals surface area contributed by atoms with Crippen LogP contribution in [0.5, 0.6) is 0 Å². The molecule has 0 spiro atoms. The summed E-state index contributed by atoms with van der Waals surface area (Å²) in [4.78, 5) is 4.13. The summed E-state index contributed by atoms with van der Waals surface area (Å²) in [7, 11) is 1.78. The number of rotatable bonds is 3. The van der Waals surface area contributed by atoms with Gasteiger partial charge in [-0.1, -0.05) is 6.92 Å². The van der Waals surface area contributed by atoms with Crippen LogP contribution in [0.15, 0.2) is 6.20 Å². The standard InChI is InChI=1S/C10H13F3N2S/c1-5-3-6(5)8(14-2)7-4-15-9(16-7)10(11,12)13/h4-6,8,14H,3H2,1-2H3. The Balaban J connectivity index is 2.17. The lowest BCUT2D eigenvalue weighted by atomic mass is 10.1. The minimum Gasteiger partial charge on any atom is -0.312 e. The van der Waals surface area contributed by atoms with Gasteiger partial charge >= 0.3 is 6.18 Å².